The smallest absolute Gasteiger partial charge is 0.387 e. The molecule has 2 aromatic carbocycles. The van der Waals surface area contributed by atoms with Crippen molar-refractivity contribution >= 4 is 11.6 Å². The molecule has 1 amide bonds. The molecule has 122 valence electrons. The van der Waals surface area contributed by atoms with E-state index >= 15 is 0 Å². The highest BCUT2D eigenvalue weighted by Gasteiger charge is 2.17. The molecule has 2 N–H and O–H groups in total. The number of rotatable bonds is 5. The molecule has 0 radical (unpaired) electrons. The molecule has 23 heavy (non-hydrogen) atoms. The third-order valence-electron chi connectivity index (χ3n) is 2.87. The second-order valence-electron chi connectivity index (χ2n) is 4.33. The summed E-state index contributed by atoms with van der Waals surface area (Å²) in [5, 5.41) is 11.7. The third-order valence-corrected chi connectivity index (χ3v) is 2.87. The summed E-state index contributed by atoms with van der Waals surface area (Å²) in [7, 11) is 1.25. The van der Waals surface area contributed by atoms with E-state index in [-0.39, 0.29) is 17.1 Å². The van der Waals surface area contributed by atoms with Crippen LogP contribution in [0.15, 0.2) is 36.4 Å². The van der Waals surface area contributed by atoms with Crippen LogP contribution < -0.4 is 14.8 Å². The Balaban J connectivity index is 2.29. The summed E-state index contributed by atoms with van der Waals surface area (Å²) in [4.78, 5) is 12.1. The van der Waals surface area contributed by atoms with Crippen LogP contribution >= 0.6 is 0 Å². The van der Waals surface area contributed by atoms with Crippen LogP contribution in [0.4, 0.5) is 18.9 Å². The van der Waals surface area contributed by atoms with E-state index in [1.165, 1.54) is 31.4 Å². The number of para-hydroxylation sites is 1. The van der Waals surface area contributed by atoms with Gasteiger partial charge in [0.25, 0.3) is 5.91 Å². The SMILES string of the molecule is COc1ccc(C(=O)Nc2c(O)cccc2F)cc1OC(F)F. The fraction of sp³-hybridized carbons (Fsp3) is 0.133. The van der Waals surface area contributed by atoms with Gasteiger partial charge in [-0.15, -0.1) is 0 Å². The highest BCUT2D eigenvalue weighted by molar-refractivity contribution is 6.05. The number of anilines is 1. The van der Waals surface area contributed by atoms with Crippen LogP contribution in [0.2, 0.25) is 0 Å². The Hall–Kier alpha value is -2.90. The van der Waals surface area contributed by atoms with Gasteiger partial charge >= 0.3 is 6.61 Å². The van der Waals surface area contributed by atoms with Gasteiger partial charge in [0, 0.05) is 5.56 Å². The molecule has 0 aromatic heterocycles. The van der Waals surface area contributed by atoms with E-state index in [2.05, 4.69) is 10.1 Å². The zero-order valence-electron chi connectivity index (χ0n) is 11.8. The van der Waals surface area contributed by atoms with E-state index in [1.54, 1.807) is 0 Å². The van der Waals surface area contributed by atoms with E-state index in [4.69, 9.17) is 4.74 Å². The Morgan fingerprint density at radius 2 is 1.96 bits per heavy atom. The lowest BCUT2D eigenvalue weighted by atomic mass is 10.1. The summed E-state index contributed by atoms with van der Waals surface area (Å²) in [5.74, 6) is -2.44. The Morgan fingerprint density at radius 1 is 1.22 bits per heavy atom. The van der Waals surface area contributed by atoms with Crippen molar-refractivity contribution in [1.82, 2.24) is 0 Å². The van der Waals surface area contributed by atoms with Crippen molar-refractivity contribution in [2.75, 3.05) is 12.4 Å². The molecule has 0 spiro atoms. The summed E-state index contributed by atoms with van der Waals surface area (Å²) in [6, 6.07) is 7.07. The summed E-state index contributed by atoms with van der Waals surface area (Å²) in [6.45, 7) is -3.10. The van der Waals surface area contributed by atoms with Gasteiger partial charge in [-0.25, -0.2) is 4.39 Å². The van der Waals surface area contributed by atoms with Crippen LogP contribution in [0.5, 0.6) is 17.2 Å². The number of carbonyl (C=O) groups excluding carboxylic acids is 1. The van der Waals surface area contributed by atoms with Crippen molar-refractivity contribution in [3.63, 3.8) is 0 Å². The van der Waals surface area contributed by atoms with E-state index in [0.29, 0.717) is 0 Å². The van der Waals surface area contributed by atoms with E-state index in [1.807, 2.05) is 0 Å². The molecule has 0 bridgehead atoms. The first-order chi connectivity index (χ1) is 10.9. The minimum atomic E-state index is -3.10. The van der Waals surface area contributed by atoms with Crippen molar-refractivity contribution < 1.29 is 32.5 Å². The van der Waals surface area contributed by atoms with Gasteiger partial charge in [0.05, 0.1) is 7.11 Å². The lowest BCUT2D eigenvalue weighted by Gasteiger charge is -2.12. The van der Waals surface area contributed by atoms with E-state index in [0.717, 1.165) is 12.1 Å². The molecular weight excluding hydrogens is 315 g/mol. The van der Waals surface area contributed by atoms with Gasteiger partial charge in [0.1, 0.15) is 11.4 Å². The number of nitrogens with one attached hydrogen (secondary N) is 1. The molecule has 2 rings (SSSR count). The van der Waals surface area contributed by atoms with Crippen molar-refractivity contribution in [2.24, 2.45) is 0 Å². The predicted molar refractivity (Wildman–Crippen MR) is 75.6 cm³/mol. The summed E-state index contributed by atoms with van der Waals surface area (Å²) in [6.07, 6.45) is 0. The summed E-state index contributed by atoms with van der Waals surface area (Å²) in [5.41, 5.74) is -0.492. The molecular formula is C15H12F3NO4. The van der Waals surface area contributed by atoms with Crippen molar-refractivity contribution in [2.45, 2.75) is 6.61 Å². The first-order valence-electron chi connectivity index (χ1n) is 6.34. The van der Waals surface area contributed by atoms with Gasteiger partial charge in [-0.2, -0.15) is 8.78 Å². The maximum Gasteiger partial charge on any atom is 0.387 e. The molecule has 0 heterocycles. The second-order valence-corrected chi connectivity index (χ2v) is 4.33. The Bertz CT molecular complexity index is 702. The number of hydrogen-bond donors (Lipinski definition) is 2. The molecule has 0 aliphatic rings. The molecule has 0 aliphatic carbocycles. The maximum atomic E-state index is 13.6. The number of aromatic hydroxyl groups is 1. The summed E-state index contributed by atoms with van der Waals surface area (Å²) >= 11 is 0. The number of amides is 1. The number of phenolic OH excluding ortho intramolecular Hbond substituents is 1. The number of phenols is 1. The normalized spacial score (nSPS) is 10.5. The van der Waals surface area contributed by atoms with Crippen molar-refractivity contribution in [1.29, 1.82) is 0 Å². The van der Waals surface area contributed by atoms with Gasteiger partial charge in [0.15, 0.2) is 17.3 Å². The minimum Gasteiger partial charge on any atom is -0.506 e. The van der Waals surface area contributed by atoms with Crippen LogP contribution in [-0.2, 0) is 0 Å². The Kier molecular flexibility index (Phi) is 4.95. The number of ether oxygens (including phenoxy) is 2. The van der Waals surface area contributed by atoms with Crippen molar-refractivity contribution in [3.05, 3.63) is 47.8 Å². The van der Waals surface area contributed by atoms with Gasteiger partial charge < -0.3 is 19.9 Å². The highest BCUT2D eigenvalue weighted by atomic mass is 19.3. The van der Waals surface area contributed by atoms with Crippen LogP contribution in [0.3, 0.4) is 0 Å². The molecule has 0 fully saturated rings. The lowest BCUT2D eigenvalue weighted by molar-refractivity contribution is -0.0512. The predicted octanol–water partition coefficient (Wildman–Crippen LogP) is 3.39. The molecule has 0 aliphatic heterocycles. The van der Waals surface area contributed by atoms with Gasteiger partial charge in [-0.05, 0) is 30.3 Å². The average molecular weight is 327 g/mol. The Labute approximate surface area is 129 Å². The number of alkyl halides is 2. The molecule has 2 aromatic rings. The number of benzene rings is 2. The van der Waals surface area contributed by atoms with Crippen LogP contribution in [-0.4, -0.2) is 24.7 Å². The fourth-order valence-corrected chi connectivity index (χ4v) is 1.83. The molecule has 5 nitrogen and oxygen atoms in total. The number of carbonyl (C=O) groups is 1. The number of hydrogen-bond acceptors (Lipinski definition) is 4. The zero-order chi connectivity index (χ0) is 17.0. The van der Waals surface area contributed by atoms with E-state index < -0.39 is 29.8 Å². The van der Waals surface area contributed by atoms with Gasteiger partial charge in [0.2, 0.25) is 0 Å². The topological polar surface area (TPSA) is 67.8 Å². The van der Waals surface area contributed by atoms with Crippen LogP contribution in [0.25, 0.3) is 0 Å². The largest absolute Gasteiger partial charge is 0.506 e. The monoisotopic (exact) mass is 327 g/mol. The lowest BCUT2D eigenvalue weighted by Crippen LogP contribution is -2.14. The first kappa shape index (κ1) is 16.5. The first-order valence-corrected chi connectivity index (χ1v) is 6.34. The fourth-order valence-electron chi connectivity index (χ4n) is 1.83. The number of halogens is 3. The molecule has 0 atom stereocenters. The molecule has 0 saturated carbocycles. The van der Waals surface area contributed by atoms with Crippen LogP contribution in [0.1, 0.15) is 10.4 Å². The molecule has 0 saturated heterocycles. The van der Waals surface area contributed by atoms with Crippen LogP contribution in [0, 0.1) is 5.82 Å². The van der Waals surface area contributed by atoms with Gasteiger partial charge in [-0.3, -0.25) is 4.79 Å². The van der Waals surface area contributed by atoms with Crippen molar-refractivity contribution in [3.8, 4) is 17.2 Å². The zero-order valence-corrected chi connectivity index (χ0v) is 11.8. The standard InChI is InChI=1S/C15H12F3NO4/c1-22-11-6-5-8(7-12(11)23-15(17)18)14(21)19-13-9(16)3-2-4-10(13)20/h2-7,15,20H,1H3,(H,19,21). The number of methoxy groups -OCH3 is 1. The Morgan fingerprint density at radius 3 is 2.57 bits per heavy atom. The average Bonchev–Trinajstić information content (AvgIpc) is 2.50. The second kappa shape index (κ2) is 6.91. The summed E-state index contributed by atoms with van der Waals surface area (Å²) < 4.78 is 47.4. The molecule has 0 unspecified atom stereocenters. The highest BCUT2D eigenvalue weighted by Crippen LogP contribution is 2.31. The third kappa shape index (κ3) is 3.85. The maximum absolute atomic E-state index is 13.6. The van der Waals surface area contributed by atoms with E-state index in [9.17, 15) is 23.1 Å². The van der Waals surface area contributed by atoms with Gasteiger partial charge in [-0.1, -0.05) is 6.07 Å². The molecule has 8 heteroatoms. The minimum absolute atomic E-state index is 0.00980. The quantitative estimate of drug-likeness (QED) is 0.826.